The second kappa shape index (κ2) is 4.63. The lowest BCUT2D eigenvalue weighted by Crippen LogP contribution is -2.11. The van der Waals surface area contributed by atoms with E-state index in [0.29, 0.717) is 5.92 Å². The lowest BCUT2D eigenvalue weighted by molar-refractivity contribution is 0.546. The first kappa shape index (κ1) is 9.75. The Hall–Kier alpha value is -0.340. The zero-order chi connectivity index (χ0) is 8.97. The highest BCUT2D eigenvalue weighted by Gasteiger charge is 2.03. The van der Waals surface area contributed by atoms with E-state index in [-0.39, 0.29) is 0 Å². The van der Waals surface area contributed by atoms with Crippen LogP contribution in [0.2, 0.25) is 0 Å². The second-order valence-electron chi connectivity index (χ2n) is 3.41. The summed E-state index contributed by atoms with van der Waals surface area (Å²) in [6.45, 7) is 5.20. The van der Waals surface area contributed by atoms with Crippen LogP contribution in [0.4, 0.5) is 0 Å². The van der Waals surface area contributed by atoms with Gasteiger partial charge in [0.2, 0.25) is 0 Å². The highest BCUT2D eigenvalue weighted by atomic mass is 32.1. The van der Waals surface area contributed by atoms with Gasteiger partial charge in [0.25, 0.3) is 0 Å². The predicted molar refractivity (Wildman–Crippen MR) is 55.6 cm³/mol. The monoisotopic (exact) mass is 183 g/mol. The van der Waals surface area contributed by atoms with Crippen LogP contribution in [0.3, 0.4) is 0 Å². The Morgan fingerprint density at radius 1 is 1.58 bits per heavy atom. The van der Waals surface area contributed by atoms with Gasteiger partial charge in [-0.25, -0.2) is 0 Å². The molecule has 0 saturated heterocycles. The summed E-state index contributed by atoms with van der Waals surface area (Å²) in [5.74, 6) is 0.659. The lowest BCUT2D eigenvalue weighted by atomic mass is 10.0. The van der Waals surface area contributed by atoms with Crippen LogP contribution < -0.4 is 5.73 Å². The fourth-order valence-corrected chi connectivity index (χ4v) is 2.08. The molecule has 0 bridgehead atoms. The van der Waals surface area contributed by atoms with Gasteiger partial charge in [-0.1, -0.05) is 6.92 Å². The molecule has 1 heterocycles. The molecule has 1 aromatic heterocycles. The van der Waals surface area contributed by atoms with Gasteiger partial charge in [-0.2, -0.15) is 0 Å². The van der Waals surface area contributed by atoms with Crippen molar-refractivity contribution >= 4 is 11.3 Å². The van der Waals surface area contributed by atoms with Gasteiger partial charge in [-0.3, -0.25) is 0 Å². The molecule has 1 unspecified atom stereocenters. The summed E-state index contributed by atoms with van der Waals surface area (Å²) in [5, 5.41) is 2.16. The Morgan fingerprint density at radius 2 is 2.33 bits per heavy atom. The molecular formula is C10H17NS. The molecule has 0 fully saturated rings. The number of hydrogen-bond acceptors (Lipinski definition) is 2. The van der Waals surface area contributed by atoms with E-state index in [9.17, 15) is 0 Å². The van der Waals surface area contributed by atoms with Crippen molar-refractivity contribution in [3.05, 3.63) is 21.9 Å². The van der Waals surface area contributed by atoms with Crippen LogP contribution in [0.15, 0.2) is 11.4 Å². The molecule has 0 aliphatic carbocycles. The third kappa shape index (κ3) is 2.61. The largest absolute Gasteiger partial charge is 0.330 e. The first-order chi connectivity index (χ1) is 5.74. The van der Waals surface area contributed by atoms with Crippen molar-refractivity contribution in [1.82, 2.24) is 0 Å². The fourth-order valence-electron chi connectivity index (χ4n) is 1.16. The van der Waals surface area contributed by atoms with Crippen molar-refractivity contribution in [2.75, 3.05) is 6.54 Å². The molecule has 0 spiro atoms. The average Bonchev–Trinajstić information content (AvgIpc) is 2.47. The number of hydrogen-bond donors (Lipinski definition) is 1. The average molecular weight is 183 g/mol. The van der Waals surface area contributed by atoms with E-state index in [2.05, 4.69) is 25.3 Å². The van der Waals surface area contributed by atoms with E-state index >= 15 is 0 Å². The molecule has 68 valence electrons. The first-order valence-electron chi connectivity index (χ1n) is 4.47. The topological polar surface area (TPSA) is 26.0 Å². The normalized spacial score (nSPS) is 13.2. The van der Waals surface area contributed by atoms with Crippen molar-refractivity contribution in [1.29, 1.82) is 0 Å². The van der Waals surface area contributed by atoms with Crippen molar-refractivity contribution in [2.45, 2.75) is 26.7 Å². The summed E-state index contributed by atoms with van der Waals surface area (Å²) in [5.41, 5.74) is 6.99. The summed E-state index contributed by atoms with van der Waals surface area (Å²) in [4.78, 5) is 1.52. The zero-order valence-corrected chi connectivity index (χ0v) is 8.66. The molecule has 1 nitrogen and oxygen atoms in total. The Morgan fingerprint density at radius 3 is 2.83 bits per heavy atom. The van der Waals surface area contributed by atoms with E-state index in [1.54, 1.807) is 0 Å². The quantitative estimate of drug-likeness (QED) is 0.763. The zero-order valence-electron chi connectivity index (χ0n) is 7.84. The molecule has 0 aromatic carbocycles. The maximum atomic E-state index is 5.55. The van der Waals surface area contributed by atoms with Crippen LogP contribution in [-0.4, -0.2) is 6.54 Å². The van der Waals surface area contributed by atoms with Gasteiger partial charge < -0.3 is 5.73 Å². The van der Waals surface area contributed by atoms with Gasteiger partial charge in [0.05, 0.1) is 0 Å². The van der Waals surface area contributed by atoms with E-state index in [4.69, 9.17) is 5.73 Å². The SMILES string of the molecule is Cc1ccsc1CCC(C)CN. The molecule has 1 rings (SSSR count). The minimum absolute atomic E-state index is 0.659. The van der Waals surface area contributed by atoms with Crippen molar-refractivity contribution < 1.29 is 0 Å². The van der Waals surface area contributed by atoms with Crippen LogP contribution in [-0.2, 0) is 6.42 Å². The summed E-state index contributed by atoms with van der Waals surface area (Å²) in [6.07, 6.45) is 2.42. The number of nitrogens with two attached hydrogens (primary N) is 1. The summed E-state index contributed by atoms with van der Waals surface area (Å²) >= 11 is 1.86. The summed E-state index contributed by atoms with van der Waals surface area (Å²) in [7, 11) is 0. The predicted octanol–water partition coefficient (Wildman–Crippen LogP) is 2.58. The number of thiophene rings is 1. The van der Waals surface area contributed by atoms with Crippen molar-refractivity contribution in [2.24, 2.45) is 11.7 Å². The second-order valence-corrected chi connectivity index (χ2v) is 4.41. The van der Waals surface area contributed by atoms with Gasteiger partial charge in [0.1, 0.15) is 0 Å². The van der Waals surface area contributed by atoms with Crippen LogP contribution in [0.1, 0.15) is 23.8 Å². The Balaban J connectivity index is 2.38. The molecule has 0 saturated carbocycles. The van der Waals surface area contributed by atoms with Gasteiger partial charge in [0, 0.05) is 4.88 Å². The standard InChI is InChI=1S/C10H17NS/c1-8(7-11)3-4-10-9(2)5-6-12-10/h5-6,8H,3-4,7,11H2,1-2H3. The van der Waals surface area contributed by atoms with Crippen LogP contribution >= 0.6 is 11.3 Å². The van der Waals surface area contributed by atoms with Crippen LogP contribution in [0.5, 0.6) is 0 Å². The Labute approximate surface area is 78.6 Å². The smallest absolute Gasteiger partial charge is 0.00745 e. The van der Waals surface area contributed by atoms with Gasteiger partial charge in [-0.15, -0.1) is 11.3 Å². The molecule has 0 radical (unpaired) electrons. The summed E-state index contributed by atoms with van der Waals surface area (Å²) in [6, 6.07) is 2.19. The summed E-state index contributed by atoms with van der Waals surface area (Å²) < 4.78 is 0. The molecule has 12 heavy (non-hydrogen) atoms. The lowest BCUT2D eigenvalue weighted by Gasteiger charge is -2.06. The van der Waals surface area contributed by atoms with Crippen LogP contribution in [0.25, 0.3) is 0 Å². The Bertz CT molecular complexity index is 229. The number of rotatable bonds is 4. The van der Waals surface area contributed by atoms with E-state index in [0.717, 1.165) is 6.54 Å². The molecule has 0 aliphatic heterocycles. The molecule has 1 aromatic rings. The maximum absolute atomic E-state index is 5.55. The molecule has 0 amide bonds. The van der Waals surface area contributed by atoms with E-state index < -0.39 is 0 Å². The Kier molecular flexibility index (Phi) is 3.76. The molecule has 1 atom stereocenters. The highest BCUT2D eigenvalue weighted by molar-refractivity contribution is 7.10. The van der Waals surface area contributed by atoms with Gasteiger partial charge >= 0.3 is 0 Å². The number of aryl methyl sites for hydroxylation is 2. The minimum atomic E-state index is 0.659. The van der Waals surface area contributed by atoms with Gasteiger partial charge in [0.15, 0.2) is 0 Å². The first-order valence-corrected chi connectivity index (χ1v) is 5.35. The minimum Gasteiger partial charge on any atom is -0.330 e. The molecular weight excluding hydrogens is 166 g/mol. The third-order valence-electron chi connectivity index (χ3n) is 2.23. The molecule has 2 heteroatoms. The van der Waals surface area contributed by atoms with Crippen molar-refractivity contribution in [3.63, 3.8) is 0 Å². The van der Waals surface area contributed by atoms with E-state index in [1.165, 1.54) is 23.3 Å². The highest BCUT2D eigenvalue weighted by Crippen LogP contribution is 2.18. The van der Waals surface area contributed by atoms with Crippen LogP contribution in [0, 0.1) is 12.8 Å². The van der Waals surface area contributed by atoms with Crippen molar-refractivity contribution in [3.8, 4) is 0 Å². The molecule has 0 aliphatic rings. The van der Waals surface area contributed by atoms with Gasteiger partial charge in [-0.05, 0) is 49.2 Å². The fraction of sp³-hybridized carbons (Fsp3) is 0.600. The molecule has 2 N–H and O–H groups in total. The van der Waals surface area contributed by atoms with E-state index in [1.807, 2.05) is 11.3 Å². The third-order valence-corrected chi connectivity index (χ3v) is 3.32. The maximum Gasteiger partial charge on any atom is 0.00745 e.